The monoisotopic (exact) mass is 345 g/mol. The highest BCUT2D eigenvalue weighted by Crippen LogP contribution is 2.28. The Labute approximate surface area is 136 Å². The van der Waals surface area contributed by atoms with Gasteiger partial charge in [0.15, 0.2) is 0 Å². The minimum Gasteiger partial charge on any atom is -0.341 e. The normalized spacial score (nSPS) is 16.0. The molecule has 0 spiro atoms. The Bertz CT molecular complexity index is 685. The van der Waals surface area contributed by atoms with Crippen LogP contribution < -0.4 is 5.56 Å². The Morgan fingerprint density at radius 1 is 1.08 bits per heavy atom. The summed E-state index contributed by atoms with van der Waals surface area (Å²) in [4.78, 5) is 38.4. The summed E-state index contributed by atoms with van der Waals surface area (Å²) in [6.07, 6.45) is -3.34. The van der Waals surface area contributed by atoms with E-state index >= 15 is 0 Å². The zero-order valence-corrected chi connectivity index (χ0v) is 13.2. The minimum atomic E-state index is -4.58. The molecule has 0 unspecified atom stereocenters. The van der Waals surface area contributed by atoms with Crippen LogP contribution in [0.1, 0.15) is 18.9 Å². The van der Waals surface area contributed by atoms with E-state index in [0.29, 0.717) is 44.9 Å². The van der Waals surface area contributed by atoms with Crippen molar-refractivity contribution in [3.8, 4) is 0 Å². The number of amides is 2. The Morgan fingerprint density at radius 3 is 2.33 bits per heavy atom. The second kappa shape index (κ2) is 7.06. The van der Waals surface area contributed by atoms with Crippen LogP contribution >= 0.6 is 0 Å². The molecule has 2 heterocycles. The maximum absolute atomic E-state index is 12.7. The van der Waals surface area contributed by atoms with Gasteiger partial charge in [-0.2, -0.15) is 13.2 Å². The lowest BCUT2D eigenvalue weighted by Gasteiger charge is -2.22. The summed E-state index contributed by atoms with van der Waals surface area (Å²) in [5.74, 6) is -0.528. The van der Waals surface area contributed by atoms with Gasteiger partial charge in [-0.1, -0.05) is 0 Å². The Kier molecular flexibility index (Phi) is 5.30. The first kappa shape index (κ1) is 18.0. The first-order valence-corrected chi connectivity index (χ1v) is 7.49. The van der Waals surface area contributed by atoms with E-state index in [0.717, 1.165) is 10.6 Å². The lowest BCUT2D eigenvalue weighted by molar-refractivity contribution is -0.138. The topological polar surface area (TPSA) is 62.6 Å². The lowest BCUT2D eigenvalue weighted by Crippen LogP contribution is -2.39. The van der Waals surface area contributed by atoms with Crippen LogP contribution in [0.25, 0.3) is 0 Å². The van der Waals surface area contributed by atoms with E-state index in [1.54, 1.807) is 4.90 Å². The fourth-order valence-corrected chi connectivity index (χ4v) is 2.55. The van der Waals surface area contributed by atoms with Crippen LogP contribution in [0, 0.1) is 0 Å². The number of nitrogens with zero attached hydrogens (tertiary/aromatic N) is 3. The molecule has 0 saturated carbocycles. The molecule has 0 bridgehead atoms. The first-order chi connectivity index (χ1) is 11.2. The number of aromatic nitrogens is 1. The third-order valence-electron chi connectivity index (χ3n) is 3.91. The van der Waals surface area contributed by atoms with Crippen LogP contribution in [-0.2, 0) is 22.3 Å². The van der Waals surface area contributed by atoms with E-state index in [-0.39, 0.29) is 5.91 Å². The second-order valence-corrected chi connectivity index (χ2v) is 5.62. The number of pyridine rings is 1. The molecule has 1 aliphatic heterocycles. The van der Waals surface area contributed by atoms with Crippen molar-refractivity contribution in [1.82, 2.24) is 14.4 Å². The number of alkyl halides is 3. The summed E-state index contributed by atoms with van der Waals surface area (Å²) in [6, 6.07) is 1.50. The van der Waals surface area contributed by atoms with Gasteiger partial charge in [0.2, 0.25) is 11.8 Å². The summed E-state index contributed by atoms with van der Waals surface area (Å²) in [7, 11) is 0. The van der Waals surface area contributed by atoms with Crippen molar-refractivity contribution in [3.05, 3.63) is 34.2 Å². The first-order valence-electron chi connectivity index (χ1n) is 7.49. The average Bonchev–Trinajstić information content (AvgIpc) is 2.74. The van der Waals surface area contributed by atoms with Crippen molar-refractivity contribution in [3.63, 3.8) is 0 Å². The van der Waals surface area contributed by atoms with Gasteiger partial charge < -0.3 is 14.4 Å². The summed E-state index contributed by atoms with van der Waals surface area (Å²) >= 11 is 0. The molecule has 1 saturated heterocycles. The number of hydrogen-bond donors (Lipinski definition) is 0. The quantitative estimate of drug-likeness (QED) is 0.802. The number of carbonyl (C=O) groups excluding carboxylic acids is 2. The number of rotatable bonds is 2. The molecule has 9 heteroatoms. The zero-order chi connectivity index (χ0) is 17.9. The minimum absolute atomic E-state index is 0.0848. The summed E-state index contributed by atoms with van der Waals surface area (Å²) in [5, 5.41) is 0. The van der Waals surface area contributed by atoms with Gasteiger partial charge in [-0.25, -0.2) is 0 Å². The molecule has 132 valence electrons. The fraction of sp³-hybridized carbons (Fsp3) is 0.533. The van der Waals surface area contributed by atoms with Gasteiger partial charge in [0.05, 0.1) is 5.56 Å². The molecule has 0 atom stereocenters. The van der Waals surface area contributed by atoms with Gasteiger partial charge in [0, 0.05) is 45.4 Å². The molecule has 24 heavy (non-hydrogen) atoms. The molecule has 0 aliphatic carbocycles. The molecule has 0 aromatic carbocycles. The fourth-order valence-electron chi connectivity index (χ4n) is 2.55. The molecule has 1 aromatic rings. The molecule has 2 rings (SSSR count). The third kappa shape index (κ3) is 4.36. The third-order valence-corrected chi connectivity index (χ3v) is 3.91. The highest BCUT2D eigenvalue weighted by atomic mass is 19.4. The molecule has 1 aliphatic rings. The van der Waals surface area contributed by atoms with Crippen molar-refractivity contribution in [2.24, 2.45) is 0 Å². The van der Waals surface area contributed by atoms with Crippen LogP contribution in [0.3, 0.4) is 0 Å². The number of hydrogen-bond acceptors (Lipinski definition) is 3. The summed E-state index contributed by atoms with van der Waals surface area (Å²) in [6.45, 7) is 2.59. The van der Waals surface area contributed by atoms with E-state index in [1.165, 1.54) is 11.8 Å². The van der Waals surface area contributed by atoms with Gasteiger partial charge >= 0.3 is 6.18 Å². The maximum atomic E-state index is 12.7. The summed E-state index contributed by atoms with van der Waals surface area (Å²) < 4.78 is 38.9. The molecule has 0 radical (unpaired) electrons. The van der Waals surface area contributed by atoms with Crippen molar-refractivity contribution in [1.29, 1.82) is 0 Å². The Hall–Kier alpha value is -2.32. The predicted octanol–water partition coefficient (Wildman–Crippen LogP) is 0.948. The second-order valence-electron chi connectivity index (χ2n) is 5.62. The summed E-state index contributed by atoms with van der Waals surface area (Å²) in [5.41, 5.74) is -1.65. The van der Waals surface area contributed by atoms with E-state index < -0.39 is 29.8 Å². The molecular weight excluding hydrogens is 327 g/mol. The molecule has 6 nitrogen and oxygen atoms in total. The Balaban J connectivity index is 2.09. The van der Waals surface area contributed by atoms with E-state index in [4.69, 9.17) is 0 Å². The van der Waals surface area contributed by atoms with Gasteiger partial charge in [0.25, 0.3) is 5.56 Å². The van der Waals surface area contributed by atoms with Crippen molar-refractivity contribution in [2.45, 2.75) is 26.1 Å². The van der Waals surface area contributed by atoms with Crippen LogP contribution in [0.4, 0.5) is 13.2 Å². The van der Waals surface area contributed by atoms with Crippen molar-refractivity contribution >= 4 is 11.8 Å². The molecular formula is C15H18F3N3O3. The van der Waals surface area contributed by atoms with Gasteiger partial charge in [-0.15, -0.1) is 0 Å². The van der Waals surface area contributed by atoms with Gasteiger partial charge in [0.1, 0.15) is 6.54 Å². The maximum Gasteiger partial charge on any atom is 0.417 e. The highest BCUT2D eigenvalue weighted by Gasteiger charge is 2.31. The van der Waals surface area contributed by atoms with E-state index in [1.807, 2.05) is 0 Å². The molecule has 0 N–H and O–H groups in total. The van der Waals surface area contributed by atoms with E-state index in [2.05, 4.69) is 0 Å². The van der Waals surface area contributed by atoms with Crippen LogP contribution in [0.15, 0.2) is 23.1 Å². The number of halogens is 3. The van der Waals surface area contributed by atoms with E-state index in [9.17, 15) is 27.6 Å². The van der Waals surface area contributed by atoms with Gasteiger partial charge in [-0.3, -0.25) is 14.4 Å². The molecule has 1 fully saturated rings. The van der Waals surface area contributed by atoms with Gasteiger partial charge in [-0.05, 0) is 12.5 Å². The standard InChI is InChI=1S/C15H18F3N3O3/c1-11(22)19-5-2-6-20(8-7-19)14(24)10-21-9-12(15(16,17)18)3-4-13(21)23/h3-4,9H,2,5-8,10H2,1H3. The lowest BCUT2D eigenvalue weighted by atomic mass is 10.2. The number of carbonyl (C=O) groups is 2. The highest BCUT2D eigenvalue weighted by molar-refractivity contribution is 5.76. The largest absolute Gasteiger partial charge is 0.417 e. The predicted molar refractivity (Wildman–Crippen MR) is 79.2 cm³/mol. The zero-order valence-electron chi connectivity index (χ0n) is 13.2. The van der Waals surface area contributed by atoms with Crippen LogP contribution in [0.2, 0.25) is 0 Å². The smallest absolute Gasteiger partial charge is 0.341 e. The Morgan fingerprint density at radius 2 is 1.71 bits per heavy atom. The van der Waals surface area contributed by atoms with Crippen molar-refractivity contribution < 1.29 is 22.8 Å². The molecule has 1 aromatic heterocycles. The van der Waals surface area contributed by atoms with Crippen LogP contribution in [0.5, 0.6) is 0 Å². The SMILES string of the molecule is CC(=O)N1CCCN(C(=O)Cn2cc(C(F)(F)F)ccc2=O)CC1. The van der Waals surface area contributed by atoms with Crippen molar-refractivity contribution in [2.75, 3.05) is 26.2 Å². The average molecular weight is 345 g/mol. The molecule has 2 amide bonds. The van der Waals surface area contributed by atoms with Crippen LogP contribution in [-0.4, -0.2) is 52.4 Å².